The molecule has 0 aromatic heterocycles. The van der Waals surface area contributed by atoms with Crippen molar-refractivity contribution in [2.24, 2.45) is 35.5 Å². The molecule has 1 heterocycles. The van der Waals surface area contributed by atoms with Gasteiger partial charge in [0.2, 0.25) is 11.8 Å². The van der Waals surface area contributed by atoms with Crippen LogP contribution < -0.4 is 9.64 Å². The lowest BCUT2D eigenvalue weighted by atomic mass is 9.63. The van der Waals surface area contributed by atoms with Crippen molar-refractivity contribution < 1.29 is 32.3 Å². The highest BCUT2D eigenvalue weighted by atomic mass is 19.4. The van der Waals surface area contributed by atoms with Crippen LogP contribution in [0.5, 0.6) is 5.75 Å². The number of likely N-dealkylation sites (tertiary alicyclic amines) is 1. The molecule has 0 unspecified atom stereocenters. The number of benzene rings is 1. The van der Waals surface area contributed by atoms with Crippen molar-refractivity contribution in [3.63, 3.8) is 0 Å². The van der Waals surface area contributed by atoms with Gasteiger partial charge in [0, 0.05) is 5.69 Å². The van der Waals surface area contributed by atoms with Gasteiger partial charge in [-0.05, 0) is 54.4 Å². The molecule has 6 rings (SSSR count). The first-order valence-corrected chi connectivity index (χ1v) is 9.78. The van der Waals surface area contributed by atoms with E-state index in [0.717, 1.165) is 11.3 Å². The zero-order valence-electron chi connectivity index (χ0n) is 16.0. The van der Waals surface area contributed by atoms with Crippen LogP contribution in [0.15, 0.2) is 36.4 Å². The van der Waals surface area contributed by atoms with Gasteiger partial charge in [0.1, 0.15) is 12.4 Å². The summed E-state index contributed by atoms with van der Waals surface area (Å²) in [6.07, 6.45) is -0.200. The smallest absolute Gasteiger partial charge is 0.471 e. The minimum absolute atomic E-state index is 0.0424. The number of halogens is 3. The summed E-state index contributed by atoms with van der Waals surface area (Å²) < 4.78 is 44.8. The second-order valence-electron chi connectivity index (χ2n) is 8.33. The number of rotatable bonds is 4. The average molecular weight is 420 g/mol. The van der Waals surface area contributed by atoms with E-state index in [1.54, 1.807) is 0 Å². The monoisotopic (exact) mass is 420 g/mol. The quantitative estimate of drug-likeness (QED) is 0.555. The highest BCUT2D eigenvalue weighted by Gasteiger charge is 2.67. The van der Waals surface area contributed by atoms with Gasteiger partial charge in [-0.2, -0.15) is 13.2 Å². The molecule has 5 aliphatic rings. The Labute approximate surface area is 170 Å². The lowest BCUT2D eigenvalue weighted by Gasteiger charge is -2.37. The zero-order valence-corrected chi connectivity index (χ0v) is 16.0. The maximum atomic E-state index is 13.3. The lowest BCUT2D eigenvalue weighted by molar-refractivity contribution is -0.171. The van der Waals surface area contributed by atoms with Gasteiger partial charge in [-0.3, -0.25) is 24.2 Å². The number of carbonyl (C=O) groups excluding carboxylic acids is 3. The lowest BCUT2D eigenvalue weighted by Crippen LogP contribution is -2.49. The van der Waals surface area contributed by atoms with Gasteiger partial charge < -0.3 is 4.74 Å². The van der Waals surface area contributed by atoms with Crippen LogP contribution in [-0.2, 0) is 14.4 Å². The molecular formula is C21H19F3N2O4. The number of hydrogen-bond acceptors (Lipinski definition) is 4. The fourth-order valence-corrected chi connectivity index (χ4v) is 5.48. The van der Waals surface area contributed by atoms with E-state index in [-0.39, 0.29) is 17.5 Å². The van der Waals surface area contributed by atoms with Crippen molar-refractivity contribution in [2.75, 3.05) is 18.7 Å². The van der Waals surface area contributed by atoms with Crippen molar-refractivity contribution in [1.82, 2.24) is 4.90 Å². The van der Waals surface area contributed by atoms with Crippen molar-refractivity contribution in [2.45, 2.75) is 12.6 Å². The molecule has 0 N–H and O–H groups in total. The molecular weight excluding hydrogens is 401 g/mol. The number of anilines is 1. The number of carbonyl (C=O) groups is 3. The van der Waals surface area contributed by atoms with Gasteiger partial charge in [-0.15, -0.1) is 0 Å². The van der Waals surface area contributed by atoms with Gasteiger partial charge in [-0.1, -0.05) is 12.2 Å². The Morgan fingerprint density at radius 1 is 1.07 bits per heavy atom. The molecule has 3 amide bonds. The van der Waals surface area contributed by atoms with Crippen LogP contribution in [0.4, 0.5) is 18.9 Å². The van der Waals surface area contributed by atoms with Crippen LogP contribution in [0.2, 0.25) is 0 Å². The molecule has 1 saturated heterocycles. The molecule has 4 aliphatic carbocycles. The number of hydrogen-bond donors (Lipinski definition) is 0. The summed E-state index contributed by atoms with van der Waals surface area (Å²) in [5.41, 5.74) is -0.0717. The molecule has 3 fully saturated rings. The van der Waals surface area contributed by atoms with Gasteiger partial charge in [0.25, 0.3) is 0 Å². The van der Waals surface area contributed by atoms with E-state index in [9.17, 15) is 27.6 Å². The standard InChI is InChI=1S/C21H19F3N2O4/c1-30-11-4-2-10(3-5-11)25(20(29)21(22,23)24)9-26-18(27)16-12-6-7-13(15-8-14(12)15)17(16)19(26)28/h2-7,12-17H,8-9H2,1H3/t12-,13+,14-,15-,16+,17-/m1/s1. The van der Waals surface area contributed by atoms with E-state index < -0.39 is 42.4 Å². The Kier molecular flexibility index (Phi) is 4.04. The molecule has 1 aromatic carbocycles. The number of ether oxygens (including phenoxy) is 1. The molecule has 9 heteroatoms. The predicted molar refractivity (Wildman–Crippen MR) is 98.0 cm³/mol. The van der Waals surface area contributed by atoms with Crippen LogP contribution in [0.1, 0.15) is 6.42 Å². The molecule has 2 saturated carbocycles. The molecule has 0 spiro atoms. The maximum absolute atomic E-state index is 13.3. The van der Waals surface area contributed by atoms with Gasteiger partial charge in [-0.25, -0.2) is 0 Å². The summed E-state index contributed by atoms with van der Waals surface area (Å²) in [4.78, 5) is 39.6. The van der Waals surface area contributed by atoms with Crippen LogP contribution in [0.3, 0.4) is 0 Å². The van der Waals surface area contributed by atoms with Crippen LogP contribution in [0.25, 0.3) is 0 Å². The minimum atomic E-state index is -5.15. The Morgan fingerprint density at radius 2 is 1.60 bits per heavy atom. The summed E-state index contributed by atoms with van der Waals surface area (Å²) in [6, 6.07) is 5.41. The Balaban J connectivity index is 1.45. The molecule has 6 nitrogen and oxygen atoms in total. The normalized spacial score (nSPS) is 33.4. The third kappa shape index (κ3) is 2.67. The summed E-state index contributed by atoms with van der Waals surface area (Å²) >= 11 is 0. The van der Waals surface area contributed by atoms with Crippen molar-refractivity contribution in [3.8, 4) is 5.75 Å². The SMILES string of the molecule is COc1ccc(N(CN2C(=O)[C@@H]3[C@H]4C=C[C@H]([C@H]5C[C@H]45)[C@@H]3C2=O)C(=O)C(F)(F)F)cc1. The van der Waals surface area contributed by atoms with Crippen LogP contribution in [0, 0.1) is 35.5 Å². The summed E-state index contributed by atoms with van der Waals surface area (Å²) in [6.45, 7) is -0.760. The molecule has 1 aliphatic heterocycles. The van der Waals surface area contributed by atoms with Gasteiger partial charge in [0.05, 0.1) is 18.9 Å². The van der Waals surface area contributed by atoms with Crippen molar-refractivity contribution in [3.05, 3.63) is 36.4 Å². The Hall–Kier alpha value is -2.84. The zero-order chi connectivity index (χ0) is 21.4. The number of imide groups is 1. The highest BCUT2D eigenvalue weighted by molar-refractivity contribution is 6.07. The van der Waals surface area contributed by atoms with Gasteiger partial charge >= 0.3 is 12.1 Å². The van der Waals surface area contributed by atoms with E-state index >= 15 is 0 Å². The topological polar surface area (TPSA) is 66.9 Å². The van der Waals surface area contributed by atoms with E-state index in [4.69, 9.17) is 4.74 Å². The Bertz CT molecular complexity index is 922. The maximum Gasteiger partial charge on any atom is 0.471 e. The number of nitrogens with zero attached hydrogens (tertiary/aromatic N) is 2. The third-order valence-corrected chi connectivity index (χ3v) is 6.91. The first kappa shape index (κ1) is 19.1. The number of methoxy groups -OCH3 is 1. The molecule has 30 heavy (non-hydrogen) atoms. The van der Waals surface area contributed by atoms with Crippen LogP contribution >= 0.6 is 0 Å². The average Bonchev–Trinajstić information content (AvgIpc) is 3.51. The first-order valence-electron chi connectivity index (χ1n) is 9.78. The molecule has 2 bridgehead atoms. The van der Waals surface area contributed by atoms with E-state index in [1.807, 2.05) is 12.2 Å². The molecule has 0 radical (unpaired) electrons. The number of alkyl halides is 3. The predicted octanol–water partition coefficient (Wildman–Crippen LogP) is 2.60. The van der Waals surface area contributed by atoms with Gasteiger partial charge in [0.15, 0.2) is 0 Å². The second-order valence-corrected chi connectivity index (χ2v) is 8.33. The largest absolute Gasteiger partial charge is 0.497 e. The number of allylic oxidation sites excluding steroid dienone is 2. The van der Waals surface area contributed by atoms with E-state index in [0.29, 0.717) is 22.5 Å². The minimum Gasteiger partial charge on any atom is -0.497 e. The summed E-state index contributed by atoms with van der Waals surface area (Å²) in [5, 5.41) is 0. The highest BCUT2D eigenvalue weighted by Crippen LogP contribution is 2.65. The van der Waals surface area contributed by atoms with Crippen molar-refractivity contribution >= 4 is 23.4 Å². The Morgan fingerprint density at radius 3 is 2.07 bits per heavy atom. The fourth-order valence-electron chi connectivity index (χ4n) is 5.48. The second kappa shape index (κ2) is 6.33. The van der Waals surface area contributed by atoms with E-state index in [2.05, 4.69) is 0 Å². The van der Waals surface area contributed by atoms with E-state index in [1.165, 1.54) is 31.4 Å². The first-order chi connectivity index (χ1) is 14.2. The fraction of sp³-hybridized carbons (Fsp3) is 0.476. The number of amides is 3. The molecule has 6 atom stereocenters. The summed E-state index contributed by atoms with van der Waals surface area (Å²) in [5.74, 6) is -3.08. The summed E-state index contributed by atoms with van der Waals surface area (Å²) in [7, 11) is 1.41. The van der Waals surface area contributed by atoms with Crippen LogP contribution in [-0.4, -0.2) is 42.6 Å². The van der Waals surface area contributed by atoms with Crippen molar-refractivity contribution in [1.29, 1.82) is 0 Å². The molecule has 158 valence electrons. The third-order valence-electron chi connectivity index (χ3n) is 6.91. The molecule has 1 aromatic rings.